The van der Waals surface area contributed by atoms with Crippen LogP contribution in [0.4, 0.5) is 0 Å². The van der Waals surface area contributed by atoms with Gasteiger partial charge in [-0.3, -0.25) is 0 Å². The van der Waals surface area contributed by atoms with Crippen LogP contribution in [0.25, 0.3) is 0 Å². The maximum absolute atomic E-state index is 5.01. The molecule has 1 heterocycles. The number of ether oxygens (including phenoxy) is 2. The van der Waals surface area contributed by atoms with E-state index in [1.165, 1.54) is 0 Å². The summed E-state index contributed by atoms with van der Waals surface area (Å²) < 4.78 is 10.0. The van der Waals surface area contributed by atoms with Gasteiger partial charge in [0.1, 0.15) is 0 Å². The van der Waals surface area contributed by atoms with E-state index in [0.717, 1.165) is 6.42 Å². The van der Waals surface area contributed by atoms with Crippen molar-refractivity contribution in [2.24, 2.45) is 0 Å². The summed E-state index contributed by atoms with van der Waals surface area (Å²) in [5.74, 6) is 0. The molecule has 1 aromatic heterocycles. The van der Waals surface area contributed by atoms with E-state index in [2.05, 4.69) is 10.2 Å². The van der Waals surface area contributed by atoms with Gasteiger partial charge in [0.15, 0.2) is 6.29 Å². The van der Waals surface area contributed by atoms with Gasteiger partial charge in [0.05, 0.1) is 18.9 Å². The van der Waals surface area contributed by atoms with Gasteiger partial charge in [-0.2, -0.15) is 15.0 Å². The van der Waals surface area contributed by atoms with Crippen molar-refractivity contribution in [3.63, 3.8) is 0 Å². The summed E-state index contributed by atoms with van der Waals surface area (Å²) in [5.41, 5.74) is 0. The van der Waals surface area contributed by atoms with E-state index in [1.807, 2.05) is 0 Å². The molecule has 0 saturated heterocycles. The molecule has 0 amide bonds. The highest BCUT2D eigenvalue weighted by molar-refractivity contribution is 4.60. The van der Waals surface area contributed by atoms with E-state index in [1.54, 1.807) is 31.4 Å². The van der Waals surface area contributed by atoms with Gasteiger partial charge in [0.2, 0.25) is 0 Å². The third kappa shape index (κ3) is 2.60. The molecule has 0 saturated carbocycles. The highest BCUT2D eigenvalue weighted by atomic mass is 16.7. The van der Waals surface area contributed by atoms with Crippen molar-refractivity contribution in [1.82, 2.24) is 15.0 Å². The lowest BCUT2D eigenvalue weighted by Gasteiger charge is -2.11. The Hall–Kier alpha value is -0.940. The quantitative estimate of drug-likeness (QED) is 0.597. The largest absolute Gasteiger partial charge is 0.356 e. The Morgan fingerprint density at radius 1 is 1.25 bits per heavy atom. The predicted octanol–water partition coefficient (Wildman–Crippen LogP) is 0.287. The van der Waals surface area contributed by atoms with Crippen LogP contribution in [-0.4, -0.2) is 35.5 Å². The molecule has 0 aliphatic rings. The first-order chi connectivity index (χ1) is 5.86. The minimum atomic E-state index is -0.170. The van der Waals surface area contributed by atoms with Crippen molar-refractivity contribution in [2.75, 3.05) is 14.2 Å². The average molecular weight is 171 g/mol. The van der Waals surface area contributed by atoms with Crippen molar-refractivity contribution in [1.29, 1.82) is 0 Å². The molecule has 0 bridgehead atoms. The number of aryl methyl sites for hydroxylation is 1. The lowest BCUT2D eigenvalue weighted by molar-refractivity contribution is -0.108. The number of hydrogen-bond donors (Lipinski definition) is 0. The van der Waals surface area contributed by atoms with E-state index >= 15 is 0 Å². The van der Waals surface area contributed by atoms with Gasteiger partial charge >= 0.3 is 0 Å². The molecule has 1 aromatic rings. The topological polar surface area (TPSA) is 49.2 Å². The van der Waals surface area contributed by atoms with E-state index in [9.17, 15) is 0 Å². The van der Waals surface area contributed by atoms with E-state index in [-0.39, 0.29) is 6.29 Å². The summed E-state index contributed by atoms with van der Waals surface area (Å²) in [6, 6.07) is 0. The SMILES string of the molecule is COC(CCn1nccn1)OC. The number of rotatable bonds is 5. The van der Waals surface area contributed by atoms with Crippen molar-refractivity contribution in [3.8, 4) is 0 Å². The second kappa shape index (κ2) is 4.84. The zero-order valence-electron chi connectivity index (χ0n) is 7.30. The maximum atomic E-state index is 5.01. The molecule has 0 aliphatic carbocycles. The summed E-state index contributed by atoms with van der Waals surface area (Å²) in [5, 5.41) is 7.90. The van der Waals surface area contributed by atoms with Gasteiger partial charge in [0, 0.05) is 20.6 Å². The Kier molecular flexibility index (Phi) is 3.69. The standard InChI is InChI=1S/C7H13N3O2/c1-11-7(12-2)3-6-10-8-4-5-9-10/h4-5,7H,3,6H2,1-2H3. The average Bonchev–Trinajstić information content (AvgIpc) is 2.59. The van der Waals surface area contributed by atoms with E-state index in [4.69, 9.17) is 9.47 Å². The van der Waals surface area contributed by atoms with Gasteiger partial charge in [-0.15, -0.1) is 0 Å². The fraction of sp³-hybridized carbons (Fsp3) is 0.714. The molecule has 0 aliphatic heterocycles. The number of aromatic nitrogens is 3. The fourth-order valence-electron chi connectivity index (χ4n) is 0.912. The summed E-state index contributed by atoms with van der Waals surface area (Å²) in [4.78, 5) is 1.60. The third-order valence-electron chi connectivity index (χ3n) is 1.56. The molecule has 0 N–H and O–H groups in total. The minimum absolute atomic E-state index is 0.170. The van der Waals surface area contributed by atoms with Gasteiger partial charge in [-0.25, -0.2) is 0 Å². The monoisotopic (exact) mass is 171 g/mol. The second-order valence-corrected chi connectivity index (χ2v) is 2.31. The van der Waals surface area contributed by atoms with Gasteiger partial charge in [-0.05, 0) is 0 Å². The third-order valence-corrected chi connectivity index (χ3v) is 1.56. The molecule has 0 aromatic carbocycles. The van der Waals surface area contributed by atoms with Crippen LogP contribution in [0.5, 0.6) is 0 Å². The van der Waals surface area contributed by atoms with Gasteiger partial charge < -0.3 is 9.47 Å². The summed E-state index contributed by atoms with van der Waals surface area (Å²) in [6.07, 6.45) is 3.88. The normalized spacial score (nSPS) is 10.9. The summed E-state index contributed by atoms with van der Waals surface area (Å²) >= 11 is 0. The number of methoxy groups -OCH3 is 2. The second-order valence-electron chi connectivity index (χ2n) is 2.31. The van der Waals surface area contributed by atoms with Crippen molar-refractivity contribution >= 4 is 0 Å². The molecule has 0 radical (unpaired) electrons. The van der Waals surface area contributed by atoms with Crippen LogP contribution in [0.3, 0.4) is 0 Å². The lowest BCUT2D eigenvalue weighted by atomic mass is 10.4. The highest BCUT2D eigenvalue weighted by Gasteiger charge is 2.04. The first-order valence-electron chi connectivity index (χ1n) is 3.76. The Morgan fingerprint density at radius 2 is 1.83 bits per heavy atom. The Balaban J connectivity index is 2.25. The Morgan fingerprint density at radius 3 is 2.33 bits per heavy atom. The first-order valence-corrected chi connectivity index (χ1v) is 3.76. The number of nitrogens with zero attached hydrogens (tertiary/aromatic N) is 3. The first kappa shape index (κ1) is 9.15. The van der Waals surface area contributed by atoms with Crippen LogP contribution in [0.15, 0.2) is 12.4 Å². The Labute approximate surface area is 71.3 Å². The van der Waals surface area contributed by atoms with Crippen LogP contribution in [-0.2, 0) is 16.0 Å². The molecule has 12 heavy (non-hydrogen) atoms. The summed E-state index contributed by atoms with van der Waals surface area (Å²) in [7, 11) is 3.23. The molecule has 0 fully saturated rings. The molecule has 1 rings (SSSR count). The molecular weight excluding hydrogens is 158 g/mol. The highest BCUT2D eigenvalue weighted by Crippen LogP contribution is 1.98. The van der Waals surface area contributed by atoms with Crippen LogP contribution in [0.1, 0.15) is 6.42 Å². The molecule has 5 heteroatoms. The smallest absolute Gasteiger partial charge is 0.158 e. The summed E-state index contributed by atoms with van der Waals surface area (Å²) in [6.45, 7) is 0.708. The molecule has 0 unspecified atom stereocenters. The van der Waals surface area contributed by atoms with Crippen LogP contribution < -0.4 is 0 Å². The zero-order chi connectivity index (χ0) is 8.81. The predicted molar refractivity (Wildman–Crippen MR) is 42.4 cm³/mol. The minimum Gasteiger partial charge on any atom is -0.356 e. The molecular formula is C7H13N3O2. The van der Waals surface area contributed by atoms with Crippen LogP contribution >= 0.6 is 0 Å². The van der Waals surface area contributed by atoms with Crippen LogP contribution in [0, 0.1) is 0 Å². The molecule has 0 spiro atoms. The fourth-order valence-corrected chi connectivity index (χ4v) is 0.912. The Bertz CT molecular complexity index is 196. The van der Waals surface area contributed by atoms with Crippen molar-refractivity contribution < 1.29 is 9.47 Å². The van der Waals surface area contributed by atoms with Crippen molar-refractivity contribution in [2.45, 2.75) is 19.3 Å². The maximum Gasteiger partial charge on any atom is 0.158 e. The zero-order valence-corrected chi connectivity index (χ0v) is 7.30. The molecule has 68 valence electrons. The van der Waals surface area contributed by atoms with Crippen LogP contribution in [0.2, 0.25) is 0 Å². The molecule has 5 nitrogen and oxygen atoms in total. The van der Waals surface area contributed by atoms with Gasteiger partial charge in [-0.1, -0.05) is 0 Å². The molecule has 0 atom stereocenters. The van der Waals surface area contributed by atoms with Gasteiger partial charge in [0.25, 0.3) is 0 Å². The van der Waals surface area contributed by atoms with E-state index in [0.29, 0.717) is 6.54 Å². The lowest BCUT2D eigenvalue weighted by Crippen LogP contribution is -2.16. The van der Waals surface area contributed by atoms with E-state index < -0.39 is 0 Å². The number of hydrogen-bond acceptors (Lipinski definition) is 4. The van der Waals surface area contributed by atoms with Crippen molar-refractivity contribution in [3.05, 3.63) is 12.4 Å².